The summed E-state index contributed by atoms with van der Waals surface area (Å²) in [6.45, 7) is 1.87. The Balaban J connectivity index is 1.31. The van der Waals surface area contributed by atoms with Gasteiger partial charge in [-0.3, -0.25) is 14.2 Å². The molecular weight excluding hydrogens is 654 g/mol. The van der Waals surface area contributed by atoms with Gasteiger partial charge in [0.05, 0.1) is 22.8 Å². The van der Waals surface area contributed by atoms with Crippen LogP contribution in [0, 0.1) is 23.7 Å². The standard InChI is InChI=1S/C37H34ClN9O3/c38-28-10-4-2-7-25(28)19-46-30(20-47-36-32(34(39)42-21-43-36)33(45-47)23-12-14-26(48)15-13-23)44-29-11-5-8-22(31(29)37(46)50)6-1-3-9-27(35(40)49)24-16-17-41-18-24/h2,4-5,7-8,10-15,21,24,27,41,48H,3,9,16-20H2,(H2,40,49)(H2,39,42,43). The van der Waals surface area contributed by atoms with Gasteiger partial charge in [0, 0.05) is 28.5 Å². The number of carbonyl (C=O) groups excluding carboxylic acids is 1. The predicted octanol–water partition coefficient (Wildman–Crippen LogP) is 4.08. The first-order valence-corrected chi connectivity index (χ1v) is 16.7. The minimum atomic E-state index is -0.306. The number of anilines is 1. The lowest BCUT2D eigenvalue weighted by Gasteiger charge is -2.18. The van der Waals surface area contributed by atoms with Crippen molar-refractivity contribution in [1.82, 2.24) is 34.6 Å². The van der Waals surface area contributed by atoms with Crippen LogP contribution < -0.4 is 22.3 Å². The van der Waals surface area contributed by atoms with Gasteiger partial charge in [-0.25, -0.2) is 19.6 Å². The molecule has 6 N–H and O–H groups in total. The van der Waals surface area contributed by atoms with Crippen LogP contribution in [-0.2, 0) is 17.9 Å². The van der Waals surface area contributed by atoms with Gasteiger partial charge in [0.2, 0.25) is 5.91 Å². The molecule has 1 amide bonds. The second-order valence-corrected chi connectivity index (χ2v) is 12.7. The van der Waals surface area contributed by atoms with Crippen molar-refractivity contribution in [3.05, 3.63) is 105 Å². The maximum Gasteiger partial charge on any atom is 0.263 e. The quantitative estimate of drug-likeness (QED) is 0.163. The molecule has 6 aromatic rings. The van der Waals surface area contributed by atoms with Crippen molar-refractivity contribution in [2.45, 2.75) is 32.4 Å². The van der Waals surface area contributed by atoms with E-state index in [1.54, 1.807) is 51.7 Å². The predicted molar refractivity (Wildman–Crippen MR) is 192 cm³/mol. The van der Waals surface area contributed by atoms with E-state index in [2.05, 4.69) is 27.1 Å². The van der Waals surface area contributed by atoms with E-state index in [0.29, 0.717) is 62.4 Å². The molecule has 7 rings (SSSR count). The summed E-state index contributed by atoms with van der Waals surface area (Å²) in [5, 5.41) is 19.4. The summed E-state index contributed by atoms with van der Waals surface area (Å²) < 4.78 is 3.23. The zero-order valence-corrected chi connectivity index (χ0v) is 27.8. The molecule has 1 saturated heterocycles. The Hall–Kier alpha value is -5.77. The van der Waals surface area contributed by atoms with Crippen LogP contribution in [-0.4, -0.2) is 53.4 Å². The molecule has 2 atom stereocenters. The number of hydrogen-bond donors (Lipinski definition) is 4. The number of amides is 1. The molecule has 0 saturated carbocycles. The number of hydrogen-bond acceptors (Lipinski definition) is 9. The van der Waals surface area contributed by atoms with Crippen LogP contribution in [0.3, 0.4) is 0 Å². The number of nitrogen functional groups attached to an aromatic ring is 1. The molecule has 1 aliphatic heterocycles. The monoisotopic (exact) mass is 687 g/mol. The number of nitrogens with two attached hydrogens (primary N) is 2. The molecule has 0 spiro atoms. The number of nitrogens with one attached hydrogen (secondary N) is 1. The van der Waals surface area contributed by atoms with Gasteiger partial charge in [0.25, 0.3) is 5.56 Å². The Morgan fingerprint density at radius 2 is 1.88 bits per heavy atom. The average Bonchev–Trinajstić information content (AvgIpc) is 3.77. The van der Waals surface area contributed by atoms with Crippen LogP contribution in [0.4, 0.5) is 5.82 Å². The lowest BCUT2D eigenvalue weighted by molar-refractivity contribution is -0.123. The molecular formula is C37H34ClN9O3. The van der Waals surface area contributed by atoms with Crippen molar-refractivity contribution in [3.8, 4) is 28.8 Å². The number of aromatic nitrogens is 6. The summed E-state index contributed by atoms with van der Waals surface area (Å²) in [6.07, 6.45) is 3.29. The first-order chi connectivity index (χ1) is 24.3. The van der Waals surface area contributed by atoms with Crippen molar-refractivity contribution in [3.63, 3.8) is 0 Å². The van der Waals surface area contributed by atoms with E-state index < -0.39 is 0 Å². The Kier molecular flexibility index (Phi) is 9.17. The molecule has 12 nitrogen and oxygen atoms in total. The van der Waals surface area contributed by atoms with Gasteiger partial charge in [0.1, 0.15) is 36.0 Å². The van der Waals surface area contributed by atoms with E-state index in [0.717, 1.165) is 25.1 Å². The van der Waals surface area contributed by atoms with Crippen LogP contribution >= 0.6 is 11.6 Å². The van der Waals surface area contributed by atoms with Gasteiger partial charge < -0.3 is 21.9 Å². The van der Waals surface area contributed by atoms with Gasteiger partial charge in [-0.1, -0.05) is 47.7 Å². The molecule has 4 heterocycles. The van der Waals surface area contributed by atoms with Gasteiger partial charge in [-0.2, -0.15) is 5.10 Å². The average molecular weight is 688 g/mol. The maximum absolute atomic E-state index is 14.5. The summed E-state index contributed by atoms with van der Waals surface area (Å²) in [6, 6.07) is 19.3. The van der Waals surface area contributed by atoms with E-state index in [1.807, 2.05) is 24.3 Å². The van der Waals surface area contributed by atoms with Gasteiger partial charge in [0.15, 0.2) is 5.65 Å². The van der Waals surface area contributed by atoms with E-state index >= 15 is 0 Å². The number of primary amides is 1. The van der Waals surface area contributed by atoms with Crippen LogP contribution in [0.25, 0.3) is 33.2 Å². The van der Waals surface area contributed by atoms with E-state index in [-0.39, 0.29) is 48.0 Å². The molecule has 1 fully saturated rings. The fourth-order valence-electron chi connectivity index (χ4n) is 6.61. The zero-order valence-electron chi connectivity index (χ0n) is 27.0. The highest BCUT2D eigenvalue weighted by atomic mass is 35.5. The van der Waals surface area contributed by atoms with Gasteiger partial charge in [-0.15, -0.1) is 0 Å². The summed E-state index contributed by atoms with van der Waals surface area (Å²) >= 11 is 6.58. The molecule has 3 aromatic carbocycles. The number of carbonyl (C=O) groups is 1. The molecule has 3 aromatic heterocycles. The number of rotatable bonds is 9. The molecule has 2 unspecified atom stereocenters. The third-order valence-electron chi connectivity index (χ3n) is 9.18. The summed E-state index contributed by atoms with van der Waals surface area (Å²) in [5.41, 5.74) is 15.2. The number of halogens is 1. The fraction of sp³-hybridized carbons (Fsp3) is 0.243. The van der Waals surface area contributed by atoms with Crippen LogP contribution in [0.2, 0.25) is 5.02 Å². The minimum absolute atomic E-state index is 0.0705. The van der Waals surface area contributed by atoms with Crippen LogP contribution in [0.1, 0.15) is 36.2 Å². The van der Waals surface area contributed by atoms with E-state index in [1.165, 1.54) is 6.33 Å². The highest BCUT2D eigenvalue weighted by molar-refractivity contribution is 6.31. The topological polar surface area (TPSA) is 180 Å². The number of phenols is 1. The van der Waals surface area contributed by atoms with Crippen molar-refractivity contribution in [1.29, 1.82) is 0 Å². The number of phenolic OH excluding ortho intramolecular Hbond substituents is 1. The molecule has 50 heavy (non-hydrogen) atoms. The number of fused-ring (bicyclic) bond motifs is 2. The van der Waals surface area contributed by atoms with E-state index in [9.17, 15) is 14.7 Å². The molecule has 0 aliphatic carbocycles. The van der Waals surface area contributed by atoms with Crippen LogP contribution in [0.5, 0.6) is 5.75 Å². The third-order valence-corrected chi connectivity index (χ3v) is 9.54. The summed E-state index contributed by atoms with van der Waals surface area (Å²) in [7, 11) is 0. The number of benzene rings is 3. The molecule has 0 bridgehead atoms. The second kappa shape index (κ2) is 14.0. The largest absolute Gasteiger partial charge is 0.508 e. The normalized spacial score (nSPS) is 14.9. The Morgan fingerprint density at radius 1 is 1.06 bits per heavy atom. The molecule has 252 valence electrons. The van der Waals surface area contributed by atoms with Crippen molar-refractivity contribution < 1.29 is 9.90 Å². The zero-order chi connectivity index (χ0) is 34.8. The van der Waals surface area contributed by atoms with Gasteiger partial charge >= 0.3 is 0 Å². The van der Waals surface area contributed by atoms with Crippen molar-refractivity contribution in [2.75, 3.05) is 18.8 Å². The maximum atomic E-state index is 14.5. The highest BCUT2D eigenvalue weighted by Crippen LogP contribution is 2.31. The van der Waals surface area contributed by atoms with Crippen molar-refractivity contribution >= 4 is 45.3 Å². The van der Waals surface area contributed by atoms with E-state index in [4.69, 9.17) is 33.2 Å². The summed E-state index contributed by atoms with van der Waals surface area (Å²) in [5.74, 6) is 6.78. The third kappa shape index (κ3) is 6.48. The second-order valence-electron chi connectivity index (χ2n) is 12.3. The van der Waals surface area contributed by atoms with Crippen LogP contribution in [0.15, 0.2) is 77.9 Å². The first-order valence-electron chi connectivity index (χ1n) is 16.3. The molecule has 1 aliphatic rings. The summed E-state index contributed by atoms with van der Waals surface area (Å²) in [4.78, 5) is 40.3. The minimum Gasteiger partial charge on any atom is -0.508 e. The highest BCUT2D eigenvalue weighted by Gasteiger charge is 2.28. The Labute approximate surface area is 292 Å². The smallest absolute Gasteiger partial charge is 0.263 e. The Morgan fingerprint density at radius 3 is 2.64 bits per heavy atom. The lowest BCUT2D eigenvalue weighted by Crippen LogP contribution is -2.31. The van der Waals surface area contributed by atoms with Crippen molar-refractivity contribution in [2.24, 2.45) is 17.6 Å². The molecule has 13 heteroatoms. The first kappa shape index (κ1) is 32.8. The fourth-order valence-corrected chi connectivity index (χ4v) is 6.80. The number of nitrogens with zero attached hydrogens (tertiary/aromatic N) is 6. The number of aromatic hydroxyl groups is 1. The SMILES string of the molecule is NC(=O)C(CCC#Cc1cccc2nc(Cn3nc(-c4ccc(O)cc4)c4c(N)ncnc43)n(Cc3ccccc3Cl)c(=O)c12)C1CCNC1. The van der Waals surface area contributed by atoms with Gasteiger partial charge in [-0.05, 0) is 79.9 Å². The lowest BCUT2D eigenvalue weighted by atomic mass is 9.87. The molecule has 0 radical (unpaired) electrons. The Bertz CT molecular complexity index is 2350.